The molecule has 2 N–H and O–H groups in total. The van der Waals surface area contributed by atoms with Crippen molar-refractivity contribution in [3.63, 3.8) is 0 Å². The van der Waals surface area contributed by atoms with E-state index in [-0.39, 0.29) is 11.9 Å². The van der Waals surface area contributed by atoms with Gasteiger partial charge in [-0.15, -0.1) is 0 Å². The Balaban J connectivity index is 2.00. The molecule has 1 aliphatic rings. The molecular formula is C13H11NO3. The predicted octanol–water partition coefficient (Wildman–Crippen LogP) is 2.57. The Morgan fingerprint density at radius 2 is 2.18 bits per heavy atom. The van der Waals surface area contributed by atoms with Gasteiger partial charge < -0.3 is 14.9 Å². The summed E-state index contributed by atoms with van der Waals surface area (Å²) in [7, 11) is 0. The molecule has 0 radical (unpaired) electrons. The maximum atomic E-state index is 11.9. The van der Waals surface area contributed by atoms with Gasteiger partial charge in [0, 0.05) is 11.8 Å². The molecule has 17 heavy (non-hydrogen) atoms. The molecule has 0 saturated heterocycles. The minimum absolute atomic E-state index is 0.0488. The van der Waals surface area contributed by atoms with Crippen LogP contribution in [0.15, 0.2) is 41.0 Å². The standard InChI is InChI=1S/C13H11NO3/c14-8-3-4-9-10(15)7-13(17-12(9)6-8)11-2-1-5-16-11/h1-6,13H,7,14H2. The zero-order chi connectivity index (χ0) is 11.8. The number of furan rings is 1. The van der Waals surface area contributed by atoms with Crippen LogP contribution in [0.2, 0.25) is 0 Å². The van der Waals surface area contributed by atoms with E-state index >= 15 is 0 Å². The molecule has 3 rings (SSSR count). The summed E-state index contributed by atoms with van der Waals surface area (Å²) < 4.78 is 11.0. The van der Waals surface area contributed by atoms with Crippen molar-refractivity contribution in [2.45, 2.75) is 12.5 Å². The normalized spacial score (nSPS) is 18.6. The van der Waals surface area contributed by atoms with Gasteiger partial charge in [-0.05, 0) is 24.3 Å². The van der Waals surface area contributed by atoms with E-state index in [1.807, 2.05) is 0 Å². The van der Waals surface area contributed by atoms with Crippen LogP contribution in [-0.4, -0.2) is 5.78 Å². The number of carbonyl (C=O) groups excluding carboxylic acids is 1. The molecule has 0 spiro atoms. The van der Waals surface area contributed by atoms with E-state index in [9.17, 15) is 4.79 Å². The fraction of sp³-hybridized carbons (Fsp3) is 0.154. The maximum Gasteiger partial charge on any atom is 0.170 e. The zero-order valence-corrected chi connectivity index (χ0v) is 9.05. The molecule has 1 aliphatic heterocycles. The average Bonchev–Trinajstić information content (AvgIpc) is 2.81. The van der Waals surface area contributed by atoms with Gasteiger partial charge >= 0.3 is 0 Å². The second kappa shape index (κ2) is 3.66. The molecule has 2 aromatic rings. The molecule has 4 nitrogen and oxygen atoms in total. The van der Waals surface area contributed by atoms with Crippen LogP contribution in [0.25, 0.3) is 0 Å². The van der Waals surface area contributed by atoms with E-state index in [4.69, 9.17) is 14.9 Å². The number of fused-ring (bicyclic) bond motifs is 1. The molecule has 0 saturated carbocycles. The summed E-state index contributed by atoms with van der Waals surface area (Å²) in [4.78, 5) is 11.9. The molecule has 1 aromatic heterocycles. The number of ether oxygens (including phenoxy) is 1. The van der Waals surface area contributed by atoms with Gasteiger partial charge in [0.15, 0.2) is 11.9 Å². The highest BCUT2D eigenvalue weighted by Crippen LogP contribution is 2.35. The summed E-state index contributed by atoms with van der Waals surface area (Å²) in [5, 5.41) is 0. The number of carbonyl (C=O) groups is 1. The summed E-state index contributed by atoms with van der Waals surface area (Å²) in [6, 6.07) is 8.65. The lowest BCUT2D eigenvalue weighted by Gasteiger charge is -2.23. The second-order valence-corrected chi connectivity index (χ2v) is 4.00. The van der Waals surface area contributed by atoms with E-state index in [1.165, 1.54) is 0 Å². The number of Topliss-reactive ketones (excluding diaryl/α,β-unsaturated/α-hetero) is 1. The number of nitrogen functional groups attached to an aromatic ring is 1. The van der Waals surface area contributed by atoms with Gasteiger partial charge in [-0.3, -0.25) is 4.79 Å². The highest BCUT2D eigenvalue weighted by molar-refractivity contribution is 6.00. The molecule has 1 aromatic carbocycles. The summed E-state index contributed by atoms with van der Waals surface area (Å²) in [6.07, 6.45) is 1.51. The molecule has 1 unspecified atom stereocenters. The summed E-state index contributed by atoms with van der Waals surface area (Å²) in [6.45, 7) is 0. The van der Waals surface area contributed by atoms with Gasteiger partial charge in [0.2, 0.25) is 0 Å². The van der Waals surface area contributed by atoms with Gasteiger partial charge in [-0.1, -0.05) is 0 Å². The molecule has 0 aliphatic carbocycles. The molecule has 0 bridgehead atoms. The van der Waals surface area contributed by atoms with Gasteiger partial charge in [0.25, 0.3) is 0 Å². The van der Waals surface area contributed by atoms with Crippen molar-refractivity contribution < 1.29 is 13.9 Å². The third-order valence-electron chi connectivity index (χ3n) is 2.81. The third kappa shape index (κ3) is 1.67. The van der Waals surface area contributed by atoms with Gasteiger partial charge in [0.05, 0.1) is 18.2 Å². The van der Waals surface area contributed by atoms with E-state index in [1.54, 1.807) is 36.6 Å². The van der Waals surface area contributed by atoms with E-state index in [0.717, 1.165) is 0 Å². The van der Waals surface area contributed by atoms with Crippen molar-refractivity contribution in [2.75, 3.05) is 5.73 Å². The number of anilines is 1. The number of hydrogen-bond acceptors (Lipinski definition) is 4. The number of rotatable bonds is 1. The highest BCUT2D eigenvalue weighted by Gasteiger charge is 2.29. The van der Waals surface area contributed by atoms with Crippen LogP contribution in [-0.2, 0) is 0 Å². The van der Waals surface area contributed by atoms with Crippen LogP contribution in [0.5, 0.6) is 5.75 Å². The zero-order valence-electron chi connectivity index (χ0n) is 9.05. The van der Waals surface area contributed by atoms with Crippen molar-refractivity contribution in [3.8, 4) is 5.75 Å². The van der Waals surface area contributed by atoms with E-state index < -0.39 is 0 Å². The average molecular weight is 229 g/mol. The van der Waals surface area contributed by atoms with Crippen LogP contribution < -0.4 is 10.5 Å². The van der Waals surface area contributed by atoms with Crippen LogP contribution in [0.1, 0.15) is 28.6 Å². The lowest BCUT2D eigenvalue weighted by atomic mass is 9.99. The first-order valence-electron chi connectivity index (χ1n) is 5.37. The summed E-state index contributed by atoms with van der Waals surface area (Å²) in [5.74, 6) is 1.24. The SMILES string of the molecule is Nc1ccc2c(c1)OC(c1ccco1)CC2=O. The first-order valence-corrected chi connectivity index (χ1v) is 5.37. The van der Waals surface area contributed by atoms with E-state index in [2.05, 4.69) is 0 Å². The van der Waals surface area contributed by atoms with Crippen molar-refractivity contribution in [2.24, 2.45) is 0 Å². The fourth-order valence-corrected chi connectivity index (χ4v) is 1.97. The third-order valence-corrected chi connectivity index (χ3v) is 2.81. The number of hydrogen-bond donors (Lipinski definition) is 1. The van der Waals surface area contributed by atoms with Crippen LogP contribution >= 0.6 is 0 Å². The highest BCUT2D eigenvalue weighted by atomic mass is 16.5. The smallest absolute Gasteiger partial charge is 0.170 e. The maximum absolute atomic E-state index is 11.9. The Kier molecular flexibility index (Phi) is 2.14. The Morgan fingerprint density at radius 3 is 2.94 bits per heavy atom. The van der Waals surface area contributed by atoms with Crippen molar-refractivity contribution >= 4 is 11.5 Å². The Labute approximate surface area is 98.0 Å². The van der Waals surface area contributed by atoms with Crippen LogP contribution in [0.3, 0.4) is 0 Å². The van der Waals surface area contributed by atoms with Crippen LogP contribution in [0, 0.1) is 0 Å². The largest absolute Gasteiger partial charge is 0.481 e. The van der Waals surface area contributed by atoms with Gasteiger partial charge in [0.1, 0.15) is 11.5 Å². The molecule has 1 atom stereocenters. The predicted molar refractivity (Wildman–Crippen MR) is 61.9 cm³/mol. The van der Waals surface area contributed by atoms with Crippen molar-refractivity contribution in [3.05, 3.63) is 47.9 Å². The number of benzene rings is 1. The van der Waals surface area contributed by atoms with Crippen molar-refractivity contribution in [1.29, 1.82) is 0 Å². The quantitative estimate of drug-likeness (QED) is 0.763. The molecule has 0 amide bonds. The molecule has 86 valence electrons. The topological polar surface area (TPSA) is 65.5 Å². The number of ketones is 1. The minimum Gasteiger partial charge on any atom is -0.481 e. The Bertz CT molecular complexity index is 560. The van der Waals surface area contributed by atoms with Gasteiger partial charge in [-0.25, -0.2) is 0 Å². The summed E-state index contributed by atoms with van der Waals surface area (Å²) >= 11 is 0. The molecule has 2 heterocycles. The fourth-order valence-electron chi connectivity index (χ4n) is 1.97. The second-order valence-electron chi connectivity index (χ2n) is 4.00. The first-order chi connectivity index (χ1) is 8.24. The lowest BCUT2D eigenvalue weighted by molar-refractivity contribution is 0.0817. The summed E-state index contributed by atoms with van der Waals surface area (Å²) in [5.41, 5.74) is 6.84. The Hall–Kier alpha value is -2.23. The van der Waals surface area contributed by atoms with E-state index in [0.29, 0.717) is 29.2 Å². The lowest BCUT2D eigenvalue weighted by Crippen LogP contribution is -2.20. The first kappa shape index (κ1) is 9.96. The van der Waals surface area contributed by atoms with Gasteiger partial charge in [-0.2, -0.15) is 0 Å². The number of nitrogens with two attached hydrogens (primary N) is 1. The van der Waals surface area contributed by atoms with Crippen LogP contribution in [0.4, 0.5) is 5.69 Å². The molecule has 0 fully saturated rings. The monoisotopic (exact) mass is 229 g/mol. The molecular weight excluding hydrogens is 218 g/mol. The minimum atomic E-state index is -0.355. The molecule has 4 heteroatoms. The Morgan fingerprint density at radius 1 is 1.29 bits per heavy atom. The van der Waals surface area contributed by atoms with Crippen molar-refractivity contribution in [1.82, 2.24) is 0 Å².